The Kier molecular flexibility index (Phi) is 5.12. The van der Waals surface area contributed by atoms with Gasteiger partial charge in [0, 0.05) is 7.11 Å². The summed E-state index contributed by atoms with van der Waals surface area (Å²) >= 11 is 0. The molecule has 4 N–H and O–H groups in total. The first kappa shape index (κ1) is 12.5. The molecule has 2 atom stereocenters. The molecule has 0 aliphatic carbocycles. The number of hydrogen-bond donors (Lipinski definition) is 3. The zero-order valence-electron chi connectivity index (χ0n) is 7.04. The van der Waals surface area contributed by atoms with Crippen LogP contribution in [0.25, 0.3) is 0 Å². The van der Waals surface area contributed by atoms with E-state index in [1.54, 1.807) is 0 Å². The van der Waals surface area contributed by atoms with Crippen molar-refractivity contribution in [2.24, 2.45) is 5.73 Å². The van der Waals surface area contributed by atoms with E-state index in [2.05, 4.69) is 9.20 Å². The van der Waals surface area contributed by atoms with Gasteiger partial charge in [0.15, 0.2) is 0 Å². The topological polar surface area (TPSA) is 119 Å². The Morgan fingerprint density at radius 1 is 1.69 bits per heavy atom. The zero-order chi connectivity index (χ0) is 10.5. The number of rotatable bonds is 6. The summed E-state index contributed by atoms with van der Waals surface area (Å²) in [6.07, 6.45) is -0.339. The number of nitrogens with two attached hydrogens (primary N) is 1. The Morgan fingerprint density at radius 2 is 2.23 bits per heavy atom. The van der Waals surface area contributed by atoms with Crippen LogP contribution in [0.5, 0.6) is 0 Å². The van der Waals surface area contributed by atoms with Crippen LogP contribution in [-0.4, -0.2) is 35.6 Å². The molecule has 78 valence electrons. The summed E-state index contributed by atoms with van der Waals surface area (Å²) in [6, 6.07) is -1.14. The molecule has 0 aliphatic rings. The van der Waals surface area contributed by atoms with Crippen LogP contribution in [-0.2, 0) is 18.6 Å². The summed E-state index contributed by atoms with van der Waals surface area (Å²) < 4.78 is 19.1. The van der Waals surface area contributed by atoms with Crippen LogP contribution >= 0.6 is 7.60 Å². The van der Waals surface area contributed by atoms with Crippen molar-refractivity contribution in [1.29, 1.82) is 0 Å². The summed E-state index contributed by atoms with van der Waals surface area (Å²) in [6.45, 7) is 0. The van der Waals surface area contributed by atoms with Crippen molar-refractivity contribution in [3.05, 3.63) is 0 Å². The molecule has 0 bridgehead atoms. The molecule has 0 aromatic carbocycles. The molecule has 2 unspecified atom stereocenters. The van der Waals surface area contributed by atoms with Crippen LogP contribution in [0.1, 0.15) is 6.42 Å². The molecule has 0 radical (unpaired) electrons. The molecule has 0 saturated carbocycles. The Hall–Kier alpha value is -0.460. The molecule has 0 aromatic rings. The van der Waals surface area contributed by atoms with Crippen molar-refractivity contribution >= 4 is 13.6 Å². The van der Waals surface area contributed by atoms with Gasteiger partial charge in [-0.2, -0.15) is 4.67 Å². The van der Waals surface area contributed by atoms with Crippen molar-refractivity contribution in [3.8, 4) is 0 Å². The van der Waals surface area contributed by atoms with Gasteiger partial charge in [0.1, 0.15) is 6.04 Å². The Labute approximate surface area is 74.9 Å². The molecule has 8 heteroatoms. The van der Waals surface area contributed by atoms with E-state index in [4.69, 9.17) is 16.1 Å². The number of aliphatic carboxylic acids is 1. The maximum absolute atomic E-state index is 11.1. The second-order valence-corrected chi connectivity index (χ2v) is 4.53. The fourth-order valence-electron chi connectivity index (χ4n) is 0.586. The molecular weight excluding hydrogens is 201 g/mol. The van der Waals surface area contributed by atoms with Crippen LogP contribution in [0.4, 0.5) is 0 Å². The molecule has 0 amide bonds. The van der Waals surface area contributed by atoms with E-state index in [0.29, 0.717) is 0 Å². The Morgan fingerprint density at radius 3 is 2.54 bits per heavy atom. The predicted octanol–water partition coefficient (Wildman–Crippen LogP) is 0.118. The van der Waals surface area contributed by atoms with Crippen LogP contribution in [0, 0.1) is 0 Å². The number of carboxylic acid groups (broad SMARTS) is 1. The smallest absolute Gasteiger partial charge is 0.357 e. The van der Waals surface area contributed by atoms with E-state index in [-0.39, 0.29) is 12.6 Å². The molecule has 0 rings (SSSR count). The van der Waals surface area contributed by atoms with Gasteiger partial charge in [0.05, 0.1) is 6.16 Å². The second kappa shape index (κ2) is 5.31. The summed E-state index contributed by atoms with van der Waals surface area (Å²) in [5.74, 6) is -1.21. The van der Waals surface area contributed by atoms with E-state index in [9.17, 15) is 9.36 Å². The van der Waals surface area contributed by atoms with Crippen molar-refractivity contribution in [2.45, 2.75) is 12.5 Å². The number of hydrogen-bond acceptors (Lipinski definition) is 6. The highest BCUT2D eigenvalue weighted by molar-refractivity contribution is 7.53. The summed E-state index contributed by atoms with van der Waals surface area (Å²) in [4.78, 5) is 10.2. The molecule has 7 nitrogen and oxygen atoms in total. The van der Waals surface area contributed by atoms with Gasteiger partial charge < -0.3 is 15.4 Å². The Bertz CT molecular complexity index is 211. The van der Waals surface area contributed by atoms with Crippen molar-refractivity contribution in [1.82, 2.24) is 0 Å². The lowest BCUT2D eigenvalue weighted by Gasteiger charge is -2.12. The Balaban J connectivity index is 4.00. The molecule has 13 heavy (non-hydrogen) atoms. The van der Waals surface area contributed by atoms with Gasteiger partial charge in [-0.1, -0.05) is 0 Å². The fourth-order valence-corrected chi connectivity index (χ4v) is 1.51. The zero-order valence-corrected chi connectivity index (χ0v) is 7.94. The SMILES string of the molecule is COP(=O)(CCC(N)C(=O)O)OO. The van der Waals surface area contributed by atoms with Gasteiger partial charge in [0.2, 0.25) is 0 Å². The third-order valence-corrected chi connectivity index (χ3v) is 3.04. The van der Waals surface area contributed by atoms with Crippen LogP contribution in [0.15, 0.2) is 0 Å². The van der Waals surface area contributed by atoms with Crippen LogP contribution in [0.2, 0.25) is 0 Å². The average molecular weight is 213 g/mol. The highest BCUT2D eigenvalue weighted by Crippen LogP contribution is 2.46. The maximum atomic E-state index is 11.1. The first-order valence-corrected chi connectivity index (χ1v) is 5.14. The predicted molar refractivity (Wildman–Crippen MR) is 43.4 cm³/mol. The monoisotopic (exact) mass is 213 g/mol. The van der Waals surface area contributed by atoms with Gasteiger partial charge in [-0.3, -0.25) is 9.36 Å². The number of carboxylic acids is 1. The summed E-state index contributed by atoms with van der Waals surface area (Å²) in [5.41, 5.74) is 5.12. The van der Waals surface area contributed by atoms with Crippen LogP contribution in [0.3, 0.4) is 0 Å². The summed E-state index contributed by atoms with van der Waals surface area (Å²) in [7, 11) is -2.48. The molecule has 0 aromatic heterocycles. The highest BCUT2D eigenvalue weighted by Gasteiger charge is 2.25. The van der Waals surface area contributed by atoms with E-state index in [0.717, 1.165) is 7.11 Å². The van der Waals surface area contributed by atoms with Crippen molar-refractivity contribution < 1.29 is 28.9 Å². The lowest BCUT2D eigenvalue weighted by atomic mass is 10.2. The first-order valence-electron chi connectivity index (χ1n) is 3.41. The van der Waals surface area contributed by atoms with Gasteiger partial charge in [-0.25, -0.2) is 5.26 Å². The largest absolute Gasteiger partial charge is 0.480 e. The lowest BCUT2D eigenvalue weighted by molar-refractivity contribution is -0.147. The van der Waals surface area contributed by atoms with E-state index >= 15 is 0 Å². The minimum absolute atomic E-state index is 0.0962. The highest BCUT2D eigenvalue weighted by atomic mass is 31.2. The standard InChI is InChI=1S/C5H12NO6P/c1-11-13(10,12-9)3-2-4(6)5(7)8/h4,9H,2-3,6H2,1H3,(H,7,8). The summed E-state index contributed by atoms with van der Waals surface area (Å²) in [5, 5.41) is 16.5. The normalized spacial score (nSPS) is 17.8. The van der Waals surface area contributed by atoms with Gasteiger partial charge in [-0.05, 0) is 6.42 Å². The quantitative estimate of drug-likeness (QED) is 0.325. The second-order valence-electron chi connectivity index (χ2n) is 2.33. The number of carbonyl (C=O) groups is 1. The van der Waals surface area contributed by atoms with Crippen molar-refractivity contribution in [3.63, 3.8) is 0 Å². The van der Waals surface area contributed by atoms with E-state index in [1.807, 2.05) is 0 Å². The molecule has 0 heterocycles. The third-order valence-electron chi connectivity index (χ3n) is 1.43. The molecule has 0 saturated heterocycles. The van der Waals surface area contributed by atoms with Gasteiger partial charge in [0.25, 0.3) is 0 Å². The minimum atomic E-state index is -3.56. The molecule has 0 aliphatic heterocycles. The molecule has 0 spiro atoms. The average Bonchev–Trinajstić information content (AvgIpc) is 2.13. The van der Waals surface area contributed by atoms with Gasteiger partial charge >= 0.3 is 13.6 Å². The van der Waals surface area contributed by atoms with Crippen LogP contribution < -0.4 is 5.73 Å². The lowest BCUT2D eigenvalue weighted by Crippen LogP contribution is -2.31. The molecule has 0 fully saturated rings. The van der Waals surface area contributed by atoms with E-state index in [1.165, 1.54) is 0 Å². The maximum Gasteiger partial charge on any atom is 0.357 e. The van der Waals surface area contributed by atoms with E-state index < -0.39 is 19.6 Å². The fraction of sp³-hybridized carbons (Fsp3) is 0.800. The van der Waals surface area contributed by atoms with Gasteiger partial charge in [-0.15, -0.1) is 0 Å². The molecular formula is C5H12NO6P. The van der Waals surface area contributed by atoms with Crippen molar-refractivity contribution in [2.75, 3.05) is 13.3 Å². The first-order chi connectivity index (χ1) is 5.95. The third kappa shape index (κ3) is 4.35. The minimum Gasteiger partial charge on any atom is -0.480 e.